The van der Waals surface area contributed by atoms with E-state index in [1.54, 1.807) is 6.07 Å². The van der Waals surface area contributed by atoms with Crippen LogP contribution in [0.4, 0.5) is 0 Å². The number of carbonyl (C=O) groups excluding carboxylic acids is 2. The maximum Gasteiger partial charge on any atom is 0.326 e. The second-order valence-electron chi connectivity index (χ2n) is 9.54. The molecule has 5 rings (SSSR count). The fourth-order valence-corrected chi connectivity index (χ4v) is 5.83. The number of fused-ring (bicyclic) bond motifs is 2. The van der Waals surface area contributed by atoms with E-state index < -0.39 is 17.9 Å². The summed E-state index contributed by atoms with van der Waals surface area (Å²) >= 11 is 13.2. The van der Waals surface area contributed by atoms with Gasteiger partial charge in [0, 0.05) is 32.0 Å². The van der Waals surface area contributed by atoms with Gasteiger partial charge in [0.25, 0.3) is 5.91 Å². The van der Waals surface area contributed by atoms with Crippen LogP contribution < -0.4 is 10.1 Å². The molecule has 0 saturated heterocycles. The Kier molecular flexibility index (Phi) is 7.47. The number of furan rings is 1. The molecule has 0 radical (unpaired) electrons. The van der Waals surface area contributed by atoms with Gasteiger partial charge in [-0.25, -0.2) is 4.79 Å². The van der Waals surface area contributed by atoms with Crippen LogP contribution in [0.15, 0.2) is 40.8 Å². The van der Waals surface area contributed by atoms with Crippen molar-refractivity contribution in [2.24, 2.45) is 0 Å². The van der Waals surface area contributed by atoms with Gasteiger partial charge in [0.15, 0.2) is 12.0 Å². The Morgan fingerprint density at radius 1 is 1.16 bits per heavy atom. The van der Waals surface area contributed by atoms with Gasteiger partial charge in [0.1, 0.15) is 17.6 Å². The first-order valence-electron chi connectivity index (χ1n) is 12.3. The molecule has 3 heterocycles. The predicted molar refractivity (Wildman–Crippen MR) is 141 cm³/mol. The topological polar surface area (TPSA) is 109 Å². The zero-order valence-corrected chi connectivity index (χ0v) is 22.1. The van der Waals surface area contributed by atoms with Crippen molar-refractivity contribution in [1.29, 1.82) is 0 Å². The number of carboxylic acid groups (broad SMARTS) is 1. The van der Waals surface area contributed by atoms with Gasteiger partial charge in [-0.15, -0.1) is 0 Å². The molecule has 2 aliphatic rings. The number of ether oxygens (including phenoxy) is 1. The second-order valence-corrected chi connectivity index (χ2v) is 10.3. The second kappa shape index (κ2) is 10.8. The van der Waals surface area contributed by atoms with Crippen LogP contribution in [-0.4, -0.2) is 47.4 Å². The molecule has 1 aromatic heterocycles. The number of benzene rings is 2. The van der Waals surface area contributed by atoms with Gasteiger partial charge < -0.3 is 19.6 Å². The van der Waals surface area contributed by atoms with Crippen molar-refractivity contribution in [3.05, 3.63) is 85.8 Å². The number of aliphatic carboxylic acids is 1. The van der Waals surface area contributed by atoms with Crippen molar-refractivity contribution in [1.82, 2.24) is 10.2 Å². The Labute approximate surface area is 229 Å². The van der Waals surface area contributed by atoms with Crippen LogP contribution in [0.25, 0.3) is 0 Å². The van der Waals surface area contributed by atoms with Gasteiger partial charge in [-0.05, 0) is 59.9 Å². The zero-order valence-electron chi connectivity index (χ0n) is 20.6. The number of nitrogens with one attached hydrogen (secondary N) is 1. The van der Waals surface area contributed by atoms with E-state index >= 15 is 0 Å². The van der Waals surface area contributed by atoms with Gasteiger partial charge in [-0.1, -0.05) is 35.3 Å². The molecule has 2 aliphatic heterocycles. The molecule has 0 bridgehead atoms. The number of rotatable bonds is 8. The van der Waals surface area contributed by atoms with Gasteiger partial charge in [-0.3, -0.25) is 14.5 Å². The highest BCUT2D eigenvalue weighted by atomic mass is 35.5. The number of carbonyl (C=O) groups is 3. The zero-order chi connectivity index (χ0) is 27.0. The molecule has 0 spiro atoms. The molecule has 3 aromatic rings. The number of amides is 1. The summed E-state index contributed by atoms with van der Waals surface area (Å²) in [6.07, 6.45) is 1.92. The van der Waals surface area contributed by atoms with Gasteiger partial charge in [-0.2, -0.15) is 0 Å². The first kappa shape index (κ1) is 26.3. The molecule has 2 atom stereocenters. The fourth-order valence-electron chi connectivity index (χ4n) is 5.07. The van der Waals surface area contributed by atoms with Gasteiger partial charge in [0.2, 0.25) is 0 Å². The number of halogens is 2. The average molecular weight is 557 g/mol. The molecule has 1 unspecified atom stereocenters. The fraction of sp³-hybridized carbons (Fsp3) is 0.321. The van der Waals surface area contributed by atoms with Crippen LogP contribution >= 0.6 is 23.2 Å². The Hall–Kier alpha value is -3.33. The first-order valence-corrected chi connectivity index (χ1v) is 13.1. The minimum atomic E-state index is -1.30. The molecule has 198 valence electrons. The third-order valence-electron chi connectivity index (χ3n) is 7.22. The van der Waals surface area contributed by atoms with Crippen molar-refractivity contribution >= 4 is 41.4 Å². The summed E-state index contributed by atoms with van der Waals surface area (Å²) in [6.45, 7) is 4.19. The molecule has 0 saturated carbocycles. The summed E-state index contributed by atoms with van der Waals surface area (Å²) in [6, 6.07) is 9.87. The van der Waals surface area contributed by atoms with Crippen molar-refractivity contribution in [3.8, 4) is 5.75 Å². The molecule has 2 N–H and O–H groups in total. The van der Waals surface area contributed by atoms with Crippen LogP contribution in [0.2, 0.25) is 10.0 Å². The van der Waals surface area contributed by atoms with Crippen LogP contribution in [0.3, 0.4) is 0 Å². The Morgan fingerprint density at radius 2 is 1.97 bits per heavy atom. The normalized spacial score (nSPS) is 16.2. The van der Waals surface area contributed by atoms with Crippen molar-refractivity contribution < 1.29 is 28.6 Å². The molecule has 8 nitrogen and oxygen atoms in total. The molecule has 38 heavy (non-hydrogen) atoms. The summed E-state index contributed by atoms with van der Waals surface area (Å²) in [5.41, 5.74) is 4.20. The van der Waals surface area contributed by atoms with E-state index in [-0.39, 0.29) is 39.6 Å². The molecule has 0 aliphatic carbocycles. The van der Waals surface area contributed by atoms with Crippen molar-refractivity contribution in [2.45, 2.75) is 44.8 Å². The summed E-state index contributed by atoms with van der Waals surface area (Å²) in [4.78, 5) is 38.1. The Bertz CT molecular complexity index is 1420. The number of hydrogen-bond donors (Lipinski definition) is 2. The highest BCUT2D eigenvalue weighted by Gasteiger charge is 2.30. The van der Waals surface area contributed by atoms with E-state index in [1.165, 1.54) is 23.3 Å². The third-order valence-corrected chi connectivity index (χ3v) is 7.93. The highest BCUT2D eigenvalue weighted by molar-refractivity contribution is 6.40. The quantitative estimate of drug-likeness (QED) is 0.380. The van der Waals surface area contributed by atoms with Crippen LogP contribution in [0.1, 0.15) is 61.9 Å². The summed E-state index contributed by atoms with van der Waals surface area (Å²) in [5.74, 6) is -0.666. The van der Waals surface area contributed by atoms with Gasteiger partial charge >= 0.3 is 5.97 Å². The molecular formula is C28H26Cl2N2O6. The number of carboxylic acids is 1. The molecule has 2 aromatic carbocycles. The lowest BCUT2D eigenvalue weighted by Crippen LogP contribution is -2.42. The van der Waals surface area contributed by atoms with E-state index in [1.807, 2.05) is 0 Å². The lowest BCUT2D eigenvalue weighted by molar-refractivity contribution is -0.139. The highest BCUT2D eigenvalue weighted by Crippen LogP contribution is 2.38. The third kappa shape index (κ3) is 5.16. The maximum atomic E-state index is 13.1. The molecule has 0 fully saturated rings. The maximum absolute atomic E-state index is 13.1. The van der Waals surface area contributed by atoms with Gasteiger partial charge in [0.05, 0.1) is 22.2 Å². The molecular weight excluding hydrogens is 531 g/mol. The summed E-state index contributed by atoms with van der Waals surface area (Å²) in [5, 5.41) is 12.5. The molecule has 10 heteroatoms. The number of nitrogens with zero attached hydrogens (tertiary/aromatic N) is 1. The predicted octanol–water partition coefficient (Wildman–Crippen LogP) is 4.88. The van der Waals surface area contributed by atoms with Crippen LogP contribution in [-0.2, 0) is 30.6 Å². The van der Waals surface area contributed by atoms with E-state index in [4.69, 9.17) is 32.4 Å². The Balaban J connectivity index is 1.33. The number of aldehydes is 1. The van der Waals surface area contributed by atoms with Crippen LogP contribution in [0.5, 0.6) is 5.75 Å². The minimum absolute atomic E-state index is 0.0450. The monoisotopic (exact) mass is 556 g/mol. The van der Waals surface area contributed by atoms with E-state index in [2.05, 4.69) is 35.3 Å². The summed E-state index contributed by atoms with van der Waals surface area (Å²) < 4.78 is 11.0. The Morgan fingerprint density at radius 3 is 2.71 bits per heavy atom. The lowest BCUT2D eigenvalue weighted by Gasteiger charge is -2.35. The van der Waals surface area contributed by atoms with Crippen molar-refractivity contribution in [3.63, 3.8) is 0 Å². The van der Waals surface area contributed by atoms with Crippen LogP contribution in [0, 0.1) is 0 Å². The lowest BCUT2D eigenvalue weighted by atomic mass is 9.94. The minimum Gasteiger partial charge on any atom is -0.493 e. The molecule has 1 amide bonds. The standard InChI is InChI=1S/C28H26Cl2N2O6/c1-15(17-3-2-16-7-9-37-24(16)11-17)32-8-6-21-18(13-32)10-22(29)25(26(21)30)27(34)31-23(28(35)36)12-19-4-5-20(14-33)38-19/h2-5,10-11,14-15,23H,6-9,12-13H2,1H3,(H,31,34)(H,35,36)/t15?,23-/m0/s1. The van der Waals surface area contributed by atoms with E-state index in [0.717, 1.165) is 29.8 Å². The average Bonchev–Trinajstić information content (AvgIpc) is 3.56. The first-order chi connectivity index (χ1) is 18.2. The number of hydrogen-bond acceptors (Lipinski definition) is 6. The van der Waals surface area contributed by atoms with E-state index in [9.17, 15) is 19.5 Å². The smallest absolute Gasteiger partial charge is 0.326 e. The van der Waals surface area contributed by atoms with E-state index in [0.29, 0.717) is 25.9 Å². The summed E-state index contributed by atoms with van der Waals surface area (Å²) in [7, 11) is 0. The van der Waals surface area contributed by atoms with Crippen molar-refractivity contribution in [2.75, 3.05) is 13.2 Å². The largest absolute Gasteiger partial charge is 0.493 e. The SMILES string of the molecule is CC(c1ccc2c(c1)OCC2)N1CCc2c(cc(Cl)c(C(=O)N[C@@H](Cc3ccc(C=O)o3)C(=O)O)c2Cl)C1.